The third-order valence-corrected chi connectivity index (χ3v) is 4.85. The molecule has 3 aromatic rings. The van der Waals surface area contributed by atoms with Crippen molar-refractivity contribution in [2.75, 3.05) is 31.1 Å². The highest BCUT2D eigenvalue weighted by Gasteiger charge is 2.24. The molecule has 0 spiro atoms. The van der Waals surface area contributed by atoms with Crippen LogP contribution in [0.15, 0.2) is 59.8 Å². The Hall–Kier alpha value is -3.55. The number of carbonyl (C=O) groups is 1. The minimum absolute atomic E-state index is 0.207. The molecule has 28 heavy (non-hydrogen) atoms. The molecule has 0 aliphatic carbocycles. The van der Waals surface area contributed by atoms with Gasteiger partial charge in [0.05, 0.1) is 5.69 Å². The number of aryl methyl sites for hydroxylation is 1. The summed E-state index contributed by atoms with van der Waals surface area (Å²) in [5, 5.41) is 8.61. The number of rotatable bonds is 3. The molecule has 8 heteroatoms. The SMILES string of the molecule is Cn1cccc(C(=O)N2CCN(c3ccc(-c4cccnc4)nn3)CC2)c1=O. The first-order valence-electron chi connectivity index (χ1n) is 9.07. The quantitative estimate of drug-likeness (QED) is 0.683. The van der Waals surface area contributed by atoms with Crippen LogP contribution in [0.2, 0.25) is 0 Å². The normalized spacial score (nSPS) is 14.2. The van der Waals surface area contributed by atoms with Crippen molar-refractivity contribution in [3.8, 4) is 11.3 Å². The van der Waals surface area contributed by atoms with Crippen LogP contribution in [0.3, 0.4) is 0 Å². The van der Waals surface area contributed by atoms with Gasteiger partial charge in [-0.2, -0.15) is 0 Å². The van der Waals surface area contributed by atoms with E-state index >= 15 is 0 Å². The summed E-state index contributed by atoms with van der Waals surface area (Å²) >= 11 is 0. The van der Waals surface area contributed by atoms with Gasteiger partial charge in [-0.05, 0) is 36.4 Å². The van der Waals surface area contributed by atoms with E-state index in [1.54, 1.807) is 42.7 Å². The maximum absolute atomic E-state index is 12.7. The molecule has 1 saturated heterocycles. The van der Waals surface area contributed by atoms with Gasteiger partial charge in [-0.25, -0.2) is 0 Å². The topological polar surface area (TPSA) is 84.2 Å². The smallest absolute Gasteiger partial charge is 0.263 e. The van der Waals surface area contributed by atoms with Crippen molar-refractivity contribution in [2.45, 2.75) is 0 Å². The average molecular weight is 376 g/mol. The first-order valence-corrected chi connectivity index (χ1v) is 9.07. The van der Waals surface area contributed by atoms with E-state index in [2.05, 4.69) is 20.1 Å². The Morgan fingerprint density at radius 3 is 2.50 bits per heavy atom. The number of hydrogen-bond acceptors (Lipinski definition) is 6. The molecule has 142 valence electrons. The number of piperazine rings is 1. The summed E-state index contributed by atoms with van der Waals surface area (Å²) in [6.07, 6.45) is 5.12. The zero-order chi connectivity index (χ0) is 19.5. The van der Waals surface area contributed by atoms with E-state index in [4.69, 9.17) is 0 Å². The zero-order valence-electron chi connectivity index (χ0n) is 15.5. The van der Waals surface area contributed by atoms with Crippen LogP contribution in [-0.2, 0) is 7.05 Å². The number of anilines is 1. The van der Waals surface area contributed by atoms with Crippen LogP contribution in [0, 0.1) is 0 Å². The van der Waals surface area contributed by atoms with Crippen molar-refractivity contribution in [3.05, 3.63) is 70.9 Å². The van der Waals surface area contributed by atoms with Crippen molar-refractivity contribution >= 4 is 11.7 Å². The Morgan fingerprint density at radius 1 is 1.00 bits per heavy atom. The first-order chi connectivity index (χ1) is 13.6. The van der Waals surface area contributed by atoms with Crippen LogP contribution < -0.4 is 10.5 Å². The minimum atomic E-state index is -0.271. The fourth-order valence-corrected chi connectivity index (χ4v) is 3.23. The van der Waals surface area contributed by atoms with E-state index in [9.17, 15) is 9.59 Å². The molecule has 3 aromatic heterocycles. The molecule has 0 saturated carbocycles. The lowest BCUT2D eigenvalue weighted by Crippen LogP contribution is -2.50. The van der Waals surface area contributed by atoms with Gasteiger partial charge in [0, 0.05) is 57.4 Å². The molecule has 4 heterocycles. The van der Waals surface area contributed by atoms with Gasteiger partial charge < -0.3 is 14.4 Å². The van der Waals surface area contributed by atoms with E-state index in [0.29, 0.717) is 26.2 Å². The summed E-state index contributed by atoms with van der Waals surface area (Å²) in [4.78, 5) is 32.7. The van der Waals surface area contributed by atoms with Crippen molar-refractivity contribution in [1.29, 1.82) is 0 Å². The minimum Gasteiger partial charge on any atom is -0.352 e. The number of hydrogen-bond donors (Lipinski definition) is 0. The number of carbonyl (C=O) groups excluding carboxylic acids is 1. The summed E-state index contributed by atoms with van der Waals surface area (Å²) in [7, 11) is 1.64. The van der Waals surface area contributed by atoms with Gasteiger partial charge in [-0.15, -0.1) is 10.2 Å². The fraction of sp³-hybridized carbons (Fsp3) is 0.250. The third kappa shape index (κ3) is 3.48. The summed E-state index contributed by atoms with van der Waals surface area (Å²) in [6.45, 7) is 2.34. The second kappa shape index (κ2) is 7.59. The standard InChI is InChI=1S/C20H20N6O2/c1-24-9-3-5-16(19(24)27)20(28)26-12-10-25(11-13-26)18-7-6-17(22-23-18)15-4-2-8-21-14-15/h2-9,14H,10-13H2,1H3. The lowest BCUT2D eigenvalue weighted by Gasteiger charge is -2.35. The molecule has 1 amide bonds. The highest BCUT2D eigenvalue weighted by atomic mass is 16.2. The zero-order valence-corrected chi connectivity index (χ0v) is 15.5. The molecular weight excluding hydrogens is 356 g/mol. The largest absolute Gasteiger partial charge is 0.352 e. The van der Waals surface area contributed by atoms with Gasteiger partial charge in [-0.1, -0.05) is 0 Å². The molecule has 0 atom stereocenters. The maximum Gasteiger partial charge on any atom is 0.263 e. The van der Waals surface area contributed by atoms with Gasteiger partial charge in [-0.3, -0.25) is 14.6 Å². The monoisotopic (exact) mass is 376 g/mol. The number of nitrogens with zero attached hydrogens (tertiary/aromatic N) is 6. The third-order valence-electron chi connectivity index (χ3n) is 4.85. The Labute approximate surface area is 162 Å². The van der Waals surface area contributed by atoms with Crippen molar-refractivity contribution in [2.24, 2.45) is 7.05 Å². The van der Waals surface area contributed by atoms with Crippen LogP contribution in [0.5, 0.6) is 0 Å². The molecule has 1 aliphatic heterocycles. The summed E-state index contributed by atoms with van der Waals surface area (Å²) in [5.41, 5.74) is 1.62. The van der Waals surface area contributed by atoms with Gasteiger partial charge in [0.15, 0.2) is 5.82 Å². The predicted molar refractivity (Wildman–Crippen MR) is 105 cm³/mol. The van der Waals surface area contributed by atoms with E-state index < -0.39 is 0 Å². The highest BCUT2D eigenvalue weighted by Crippen LogP contribution is 2.18. The molecule has 1 fully saturated rings. The predicted octanol–water partition coefficient (Wildman–Crippen LogP) is 1.20. The Morgan fingerprint density at radius 2 is 1.82 bits per heavy atom. The highest BCUT2D eigenvalue weighted by molar-refractivity contribution is 5.94. The summed E-state index contributed by atoms with van der Waals surface area (Å²) in [6, 6.07) is 10.9. The van der Waals surface area contributed by atoms with E-state index in [1.165, 1.54) is 4.57 Å². The number of amides is 1. The van der Waals surface area contributed by atoms with Crippen LogP contribution in [0.25, 0.3) is 11.3 Å². The Bertz CT molecular complexity index is 1020. The molecule has 1 aliphatic rings. The second-order valence-corrected chi connectivity index (χ2v) is 6.64. The molecule has 0 bridgehead atoms. The van der Waals surface area contributed by atoms with Gasteiger partial charge in [0.1, 0.15) is 5.56 Å². The van der Waals surface area contributed by atoms with Crippen LogP contribution >= 0.6 is 0 Å². The average Bonchev–Trinajstić information content (AvgIpc) is 2.76. The molecule has 0 N–H and O–H groups in total. The molecule has 0 radical (unpaired) electrons. The van der Waals surface area contributed by atoms with Crippen LogP contribution in [0.1, 0.15) is 10.4 Å². The molecule has 0 unspecified atom stereocenters. The van der Waals surface area contributed by atoms with Gasteiger partial charge >= 0.3 is 0 Å². The molecule has 8 nitrogen and oxygen atoms in total. The fourth-order valence-electron chi connectivity index (χ4n) is 3.23. The van der Waals surface area contributed by atoms with Crippen LogP contribution in [0.4, 0.5) is 5.82 Å². The summed E-state index contributed by atoms with van der Waals surface area (Å²) < 4.78 is 1.42. The van der Waals surface area contributed by atoms with Crippen molar-refractivity contribution in [1.82, 2.24) is 24.6 Å². The molecule has 4 rings (SSSR count). The molecule has 0 aromatic carbocycles. The number of aromatic nitrogens is 4. The molecular formula is C20H20N6O2. The van der Waals surface area contributed by atoms with E-state index in [-0.39, 0.29) is 17.0 Å². The van der Waals surface area contributed by atoms with Gasteiger partial charge in [0.25, 0.3) is 11.5 Å². The first kappa shape index (κ1) is 17.8. The van der Waals surface area contributed by atoms with E-state index in [0.717, 1.165) is 17.1 Å². The van der Waals surface area contributed by atoms with E-state index in [1.807, 2.05) is 24.3 Å². The lowest BCUT2D eigenvalue weighted by atomic mass is 10.2. The van der Waals surface area contributed by atoms with Crippen molar-refractivity contribution < 1.29 is 4.79 Å². The Kier molecular flexibility index (Phi) is 4.84. The summed E-state index contributed by atoms with van der Waals surface area (Å²) in [5.74, 6) is 0.550. The van der Waals surface area contributed by atoms with Crippen LogP contribution in [-0.4, -0.2) is 56.7 Å². The lowest BCUT2D eigenvalue weighted by molar-refractivity contribution is 0.0744. The second-order valence-electron chi connectivity index (χ2n) is 6.64. The van der Waals surface area contributed by atoms with Gasteiger partial charge in [0.2, 0.25) is 0 Å². The Balaban J connectivity index is 1.42. The number of pyridine rings is 2. The maximum atomic E-state index is 12.7. The van der Waals surface area contributed by atoms with Crippen molar-refractivity contribution in [3.63, 3.8) is 0 Å².